The van der Waals surface area contributed by atoms with Crippen LogP contribution in [0.25, 0.3) is 0 Å². The van der Waals surface area contributed by atoms with E-state index in [1.165, 1.54) is 146 Å². The van der Waals surface area contributed by atoms with Gasteiger partial charge in [0.05, 0.1) is 16.9 Å². The van der Waals surface area contributed by atoms with E-state index in [2.05, 4.69) is 46.2 Å². The van der Waals surface area contributed by atoms with E-state index in [9.17, 15) is 0 Å². The summed E-state index contributed by atoms with van der Waals surface area (Å²) in [5.41, 5.74) is 3.56. The van der Waals surface area contributed by atoms with Crippen LogP contribution in [0.5, 0.6) is 0 Å². The lowest BCUT2D eigenvalue weighted by molar-refractivity contribution is 0.189. The molecule has 1 aromatic rings. The molecular weight excluding hydrogens is 462 g/mol. The number of fused-ring (bicyclic) bond motifs is 2. The molecule has 0 spiro atoms. The fourth-order valence-corrected chi connectivity index (χ4v) is 8.30. The molecule has 0 aromatic carbocycles. The lowest BCUT2D eigenvalue weighted by Gasteiger charge is -2.32. The summed E-state index contributed by atoms with van der Waals surface area (Å²) in [6, 6.07) is 0. The first-order valence-corrected chi connectivity index (χ1v) is 17.4. The van der Waals surface area contributed by atoms with Gasteiger partial charge in [0.15, 0.2) is 0 Å². The fourth-order valence-electron chi connectivity index (χ4n) is 8.30. The molecule has 1 heterocycles. The molecule has 0 bridgehead atoms. The molecule has 0 aliphatic heterocycles. The van der Waals surface area contributed by atoms with E-state index in [4.69, 9.17) is 10.3 Å². The highest BCUT2D eigenvalue weighted by atomic mass is 15.5. The highest BCUT2D eigenvalue weighted by Crippen LogP contribution is 2.63. The van der Waals surface area contributed by atoms with Gasteiger partial charge in [-0.15, -0.1) is 5.10 Å². The molecule has 0 radical (unpaired) electrons. The highest BCUT2D eigenvalue weighted by molar-refractivity contribution is 5.18. The fraction of sp³-hybridized carbons (Fsp3) is 0.943. The summed E-state index contributed by atoms with van der Waals surface area (Å²) >= 11 is 0. The van der Waals surface area contributed by atoms with Crippen LogP contribution in [0.1, 0.15) is 181 Å². The largest absolute Gasteiger partial charge is 0.243 e. The molecule has 4 unspecified atom stereocenters. The maximum Gasteiger partial charge on any atom is 0.0859 e. The molecule has 3 heteroatoms. The first kappa shape index (κ1) is 31.7. The van der Waals surface area contributed by atoms with Crippen molar-refractivity contribution in [3.8, 4) is 0 Å². The van der Waals surface area contributed by atoms with Gasteiger partial charge in [-0.2, -0.15) is 0 Å². The van der Waals surface area contributed by atoms with E-state index in [0.29, 0.717) is 5.41 Å². The van der Waals surface area contributed by atoms with Crippen LogP contribution in [-0.4, -0.2) is 15.0 Å². The predicted octanol–water partition coefficient (Wildman–Crippen LogP) is 10.8. The molecule has 3 nitrogen and oxygen atoms in total. The number of unbranched alkanes of at least 4 members (excludes halogenated alkanes) is 10. The van der Waals surface area contributed by atoms with Crippen molar-refractivity contribution in [2.24, 2.45) is 23.2 Å². The van der Waals surface area contributed by atoms with Gasteiger partial charge in [-0.25, -0.2) is 4.68 Å². The summed E-state index contributed by atoms with van der Waals surface area (Å²) in [4.78, 5) is 0. The lowest BCUT2D eigenvalue weighted by atomic mass is 9.74. The van der Waals surface area contributed by atoms with Crippen LogP contribution in [-0.2, 0) is 18.4 Å². The Morgan fingerprint density at radius 2 is 1.11 bits per heavy atom. The quantitative estimate of drug-likeness (QED) is 0.158. The van der Waals surface area contributed by atoms with E-state index < -0.39 is 0 Å². The van der Waals surface area contributed by atoms with Gasteiger partial charge in [0.2, 0.25) is 0 Å². The zero-order valence-electron chi connectivity index (χ0n) is 26.6. The Labute approximate surface area is 237 Å². The van der Waals surface area contributed by atoms with Crippen molar-refractivity contribution in [1.29, 1.82) is 0 Å². The van der Waals surface area contributed by atoms with Gasteiger partial charge >= 0.3 is 0 Å². The Balaban J connectivity index is 1.71. The zero-order chi connectivity index (χ0) is 27.4. The van der Waals surface area contributed by atoms with E-state index >= 15 is 0 Å². The summed E-state index contributed by atoms with van der Waals surface area (Å²) in [5.74, 6) is 2.84. The SMILES string of the molecule is CCCCCCCC(C)(CCCCC)n1nnc2c1CCC1C(CC2)C1C(C)(CCCCC)CCCCC. The molecule has 3 rings (SSSR count). The molecule has 0 N–H and O–H groups in total. The minimum Gasteiger partial charge on any atom is -0.243 e. The molecule has 1 aromatic heterocycles. The van der Waals surface area contributed by atoms with Crippen molar-refractivity contribution in [3.05, 3.63) is 11.4 Å². The first-order chi connectivity index (χ1) is 18.4. The molecule has 38 heavy (non-hydrogen) atoms. The molecule has 4 atom stereocenters. The van der Waals surface area contributed by atoms with Gasteiger partial charge in [-0.3, -0.25) is 0 Å². The van der Waals surface area contributed by atoms with Crippen LogP contribution in [0.15, 0.2) is 0 Å². The van der Waals surface area contributed by atoms with E-state index in [1.807, 2.05) is 0 Å². The topological polar surface area (TPSA) is 30.7 Å². The molecule has 0 saturated heterocycles. The molecular formula is C35H65N3. The second kappa shape index (κ2) is 15.8. The number of rotatable bonds is 20. The summed E-state index contributed by atoms with van der Waals surface area (Å²) in [6.45, 7) is 14.6. The monoisotopic (exact) mass is 528 g/mol. The Kier molecular flexibility index (Phi) is 13.2. The van der Waals surface area contributed by atoms with Crippen molar-refractivity contribution in [2.75, 3.05) is 0 Å². The second-order valence-corrected chi connectivity index (χ2v) is 14.0. The maximum atomic E-state index is 4.92. The summed E-state index contributed by atoms with van der Waals surface area (Å²) in [5, 5.41) is 9.81. The van der Waals surface area contributed by atoms with Crippen molar-refractivity contribution in [3.63, 3.8) is 0 Å². The summed E-state index contributed by atoms with van der Waals surface area (Å²) in [6.07, 6.45) is 29.6. The van der Waals surface area contributed by atoms with Crippen LogP contribution in [0, 0.1) is 23.2 Å². The van der Waals surface area contributed by atoms with Crippen LogP contribution in [0.2, 0.25) is 0 Å². The molecule has 2 aliphatic rings. The predicted molar refractivity (Wildman–Crippen MR) is 165 cm³/mol. The minimum absolute atomic E-state index is 0.137. The number of nitrogens with zero attached hydrogens (tertiary/aromatic N) is 3. The molecule has 2 aliphatic carbocycles. The maximum absolute atomic E-state index is 4.92. The summed E-state index contributed by atoms with van der Waals surface area (Å²) in [7, 11) is 0. The van der Waals surface area contributed by atoms with E-state index in [0.717, 1.165) is 24.2 Å². The summed E-state index contributed by atoms with van der Waals surface area (Å²) < 4.78 is 2.47. The van der Waals surface area contributed by atoms with Crippen LogP contribution < -0.4 is 0 Å². The van der Waals surface area contributed by atoms with Crippen molar-refractivity contribution in [1.82, 2.24) is 15.0 Å². The third kappa shape index (κ3) is 8.33. The van der Waals surface area contributed by atoms with Crippen LogP contribution in [0.3, 0.4) is 0 Å². The second-order valence-electron chi connectivity index (χ2n) is 14.0. The van der Waals surface area contributed by atoms with E-state index in [1.54, 1.807) is 0 Å². The standard InChI is InChI=1S/C35H65N3/c1-7-11-15-16-20-28-35(6,27-19-14-10-4)38-32-24-22-30-29(21-23-31(32)36-37-38)33(30)34(5,25-17-12-8-2)26-18-13-9-3/h29-30,33H,7-28H2,1-6H3. The Morgan fingerprint density at radius 1 is 0.632 bits per heavy atom. The van der Waals surface area contributed by atoms with Gasteiger partial charge < -0.3 is 0 Å². The van der Waals surface area contributed by atoms with Gasteiger partial charge in [0.1, 0.15) is 0 Å². The number of aryl methyl sites for hydroxylation is 1. The van der Waals surface area contributed by atoms with Crippen molar-refractivity contribution < 1.29 is 0 Å². The normalized spacial score (nSPS) is 22.8. The Hall–Kier alpha value is -0.860. The molecule has 220 valence electrons. The first-order valence-electron chi connectivity index (χ1n) is 17.4. The van der Waals surface area contributed by atoms with Gasteiger partial charge in [0, 0.05) is 0 Å². The smallest absolute Gasteiger partial charge is 0.0859 e. The molecule has 0 amide bonds. The third-order valence-electron chi connectivity index (χ3n) is 10.8. The van der Waals surface area contributed by atoms with Gasteiger partial charge in [-0.05, 0) is 81.5 Å². The number of hydrogen-bond donors (Lipinski definition) is 0. The highest BCUT2D eigenvalue weighted by Gasteiger charge is 2.57. The number of aromatic nitrogens is 3. The average molecular weight is 528 g/mol. The Bertz CT molecular complexity index is 772. The average Bonchev–Trinajstić information content (AvgIpc) is 3.44. The van der Waals surface area contributed by atoms with Crippen LogP contribution >= 0.6 is 0 Å². The minimum atomic E-state index is 0.137. The van der Waals surface area contributed by atoms with Gasteiger partial charge in [0.25, 0.3) is 0 Å². The third-order valence-corrected chi connectivity index (χ3v) is 10.8. The van der Waals surface area contributed by atoms with Crippen molar-refractivity contribution in [2.45, 2.75) is 188 Å². The van der Waals surface area contributed by atoms with Crippen LogP contribution in [0.4, 0.5) is 0 Å². The molecule has 1 fully saturated rings. The zero-order valence-corrected chi connectivity index (χ0v) is 26.6. The van der Waals surface area contributed by atoms with Gasteiger partial charge in [-0.1, -0.05) is 130 Å². The lowest BCUT2D eigenvalue weighted by Crippen LogP contribution is -2.33. The Morgan fingerprint density at radius 3 is 1.68 bits per heavy atom. The van der Waals surface area contributed by atoms with E-state index in [-0.39, 0.29) is 5.54 Å². The number of hydrogen-bond acceptors (Lipinski definition) is 2. The van der Waals surface area contributed by atoms with Crippen molar-refractivity contribution >= 4 is 0 Å². The molecule has 1 saturated carbocycles.